The van der Waals surface area contributed by atoms with E-state index in [9.17, 15) is 0 Å². The number of benzene rings is 1. The number of aryl methyl sites for hydroxylation is 1. The van der Waals surface area contributed by atoms with Crippen LogP contribution in [-0.4, -0.2) is 18.7 Å². The van der Waals surface area contributed by atoms with E-state index in [-0.39, 0.29) is 11.6 Å². The average molecular weight is 273 g/mol. The van der Waals surface area contributed by atoms with Gasteiger partial charge in [0, 0.05) is 12.1 Å². The maximum Gasteiger partial charge on any atom is 0.0950 e. The Morgan fingerprint density at radius 2 is 1.90 bits per heavy atom. The maximum absolute atomic E-state index is 6.19. The van der Waals surface area contributed by atoms with E-state index in [4.69, 9.17) is 4.74 Å². The normalized spacial score (nSPS) is 25.8. The molecule has 1 N–H and O–H groups in total. The average Bonchev–Trinajstić information content (AvgIpc) is 2.50. The second kappa shape index (κ2) is 6.28. The summed E-state index contributed by atoms with van der Waals surface area (Å²) in [5.74, 6) is 0. The van der Waals surface area contributed by atoms with Crippen molar-refractivity contribution in [3.63, 3.8) is 0 Å². The predicted molar refractivity (Wildman–Crippen MR) is 82.9 cm³/mol. The molecule has 1 unspecified atom stereocenters. The maximum atomic E-state index is 6.19. The van der Waals surface area contributed by atoms with Gasteiger partial charge in [0.1, 0.15) is 0 Å². The second-order valence-electron chi connectivity index (χ2n) is 6.51. The first kappa shape index (κ1) is 14.1. The van der Waals surface area contributed by atoms with E-state index in [1.807, 2.05) is 0 Å². The summed E-state index contributed by atoms with van der Waals surface area (Å²) in [5.41, 5.74) is 3.04. The zero-order valence-corrected chi connectivity index (χ0v) is 12.7. The first-order valence-corrected chi connectivity index (χ1v) is 8.27. The molecule has 1 aromatic rings. The van der Waals surface area contributed by atoms with Gasteiger partial charge >= 0.3 is 0 Å². The van der Waals surface area contributed by atoms with Crippen LogP contribution in [0.25, 0.3) is 0 Å². The Morgan fingerprint density at radius 1 is 1.15 bits per heavy atom. The van der Waals surface area contributed by atoms with Gasteiger partial charge in [-0.05, 0) is 30.4 Å². The SMILES string of the molecule is CCCc1ccc(C2CNC3(CCCCC3)CO2)cc1. The van der Waals surface area contributed by atoms with Crippen LogP contribution in [0.1, 0.15) is 62.7 Å². The minimum absolute atomic E-state index is 0.234. The molecule has 2 aliphatic rings. The summed E-state index contributed by atoms with van der Waals surface area (Å²) < 4.78 is 6.19. The lowest BCUT2D eigenvalue weighted by atomic mass is 9.81. The molecule has 2 fully saturated rings. The van der Waals surface area contributed by atoms with Crippen LogP contribution in [0, 0.1) is 0 Å². The van der Waals surface area contributed by atoms with Gasteiger partial charge < -0.3 is 10.1 Å². The fraction of sp³-hybridized carbons (Fsp3) is 0.667. The van der Waals surface area contributed by atoms with Crippen molar-refractivity contribution in [1.29, 1.82) is 0 Å². The van der Waals surface area contributed by atoms with Crippen LogP contribution < -0.4 is 5.32 Å². The van der Waals surface area contributed by atoms with E-state index in [1.54, 1.807) is 0 Å². The molecule has 2 nitrogen and oxygen atoms in total. The van der Waals surface area contributed by atoms with Gasteiger partial charge in [-0.25, -0.2) is 0 Å². The van der Waals surface area contributed by atoms with E-state index < -0.39 is 0 Å². The zero-order valence-electron chi connectivity index (χ0n) is 12.7. The van der Waals surface area contributed by atoms with Gasteiger partial charge in [-0.1, -0.05) is 56.9 Å². The lowest BCUT2D eigenvalue weighted by Gasteiger charge is -2.43. The monoisotopic (exact) mass is 273 g/mol. The lowest BCUT2D eigenvalue weighted by molar-refractivity contribution is -0.0466. The third-order valence-corrected chi connectivity index (χ3v) is 4.92. The Balaban J connectivity index is 1.59. The standard InChI is InChI=1S/C18H27NO/c1-2-6-15-7-9-16(10-8-15)17-13-19-18(14-20-17)11-4-3-5-12-18/h7-10,17,19H,2-6,11-14H2,1H3. The molecule has 1 aliphatic heterocycles. The van der Waals surface area contributed by atoms with Crippen molar-refractivity contribution in [2.45, 2.75) is 63.5 Å². The lowest BCUT2D eigenvalue weighted by Crippen LogP contribution is -2.55. The Labute approximate surface area is 122 Å². The molecule has 1 atom stereocenters. The van der Waals surface area contributed by atoms with E-state index >= 15 is 0 Å². The molecule has 110 valence electrons. The van der Waals surface area contributed by atoms with Crippen LogP contribution in [0.3, 0.4) is 0 Å². The van der Waals surface area contributed by atoms with Crippen molar-refractivity contribution in [3.05, 3.63) is 35.4 Å². The third kappa shape index (κ3) is 3.07. The molecule has 2 heteroatoms. The third-order valence-electron chi connectivity index (χ3n) is 4.92. The number of hydrogen-bond acceptors (Lipinski definition) is 2. The van der Waals surface area contributed by atoms with Crippen molar-refractivity contribution in [1.82, 2.24) is 5.32 Å². The fourth-order valence-electron chi connectivity index (χ4n) is 3.63. The van der Waals surface area contributed by atoms with Crippen LogP contribution in [0.2, 0.25) is 0 Å². The quantitative estimate of drug-likeness (QED) is 0.898. The summed E-state index contributed by atoms with van der Waals surface area (Å²) in [6.07, 6.45) is 9.30. The number of nitrogens with one attached hydrogen (secondary N) is 1. The van der Waals surface area contributed by atoms with Gasteiger partial charge in [0.25, 0.3) is 0 Å². The van der Waals surface area contributed by atoms with Crippen LogP contribution in [0.15, 0.2) is 24.3 Å². The Bertz CT molecular complexity index is 410. The van der Waals surface area contributed by atoms with E-state index in [1.165, 1.54) is 56.1 Å². The summed E-state index contributed by atoms with van der Waals surface area (Å²) in [6.45, 7) is 4.08. The van der Waals surface area contributed by atoms with Gasteiger partial charge in [-0.2, -0.15) is 0 Å². The van der Waals surface area contributed by atoms with Crippen LogP contribution in [0.4, 0.5) is 0 Å². The van der Waals surface area contributed by atoms with Crippen molar-refractivity contribution < 1.29 is 4.74 Å². The smallest absolute Gasteiger partial charge is 0.0950 e. The second-order valence-corrected chi connectivity index (χ2v) is 6.51. The Hall–Kier alpha value is -0.860. The highest BCUT2D eigenvalue weighted by Gasteiger charge is 2.36. The summed E-state index contributed by atoms with van der Waals surface area (Å²) in [4.78, 5) is 0. The molecule has 0 amide bonds. The van der Waals surface area contributed by atoms with Crippen molar-refractivity contribution in [3.8, 4) is 0 Å². The van der Waals surface area contributed by atoms with Crippen molar-refractivity contribution in [2.24, 2.45) is 0 Å². The van der Waals surface area contributed by atoms with Crippen molar-refractivity contribution in [2.75, 3.05) is 13.2 Å². The van der Waals surface area contributed by atoms with Gasteiger partial charge in [0.05, 0.1) is 12.7 Å². The van der Waals surface area contributed by atoms with Crippen LogP contribution in [-0.2, 0) is 11.2 Å². The predicted octanol–water partition coefficient (Wildman–Crippen LogP) is 4.00. The molecule has 0 bridgehead atoms. The number of rotatable bonds is 3. The molecule has 3 rings (SSSR count). The van der Waals surface area contributed by atoms with Crippen LogP contribution >= 0.6 is 0 Å². The summed E-state index contributed by atoms with van der Waals surface area (Å²) in [5, 5.41) is 3.80. The zero-order chi connectivity index (χ0) is 13.8. The summed E-state index contributed by atoms with van der Waals surface area (Å²) in [7, 11) is 0. The molecular weight excluding hydrogens is 246 g/mol. The van der Waals surface area contributed by atoms with Gasteiger partial charge in [-0.3, -0.25) is 0 Å². The van der Waals surface area contributed by atoms with Gasteiger partial charge in [0.2, 0.25) is 0 Å². The number of morpholine rings is 1. The minimum Gasteiger partial charge on any atom is -0.370 e. The number of ether oxygens (including phenoxy) is 1. The molecule has 1 heterocycles. The highest BCUT2D eigenvalue weighted by Crippen LogP contribution is 2.33. The highest BCUT2D eigenvalue weighted by atomic mass is 16.5. The minimum atomic E-state index is 0.234. The fourth-order valence-corrected chi connectivity index (χ4v) is 3.63. The van der Waals surface area contributed by atoms with E-state index in [2.05, 4.69) is 36.5 Å². The molecular formula is C18H27NO. The molecule has 0 aromatic heterocycles. The Kier molecular flexibility index (Phi) is 4.42. The van der Waals surface area contributed by atoms with E-state index in [0.717, 1.165) is 13.2 Å². The molecule has 1 aliphatic carbocycles. The van der Waals surface area contributed by atoms with Crippen molar-refractivity contribution >= 4 is 0 Å². The highest BCUT2D eigenvalue weighted by molar-refractivity contribution is 5.25. The molecule has 0 radical (unpaired) electrons. The molecule has 1 saturated heterocycles. The van der Waals surface area contributed by atoms with Crippen LogP contribution in [0.5, 0.6) is 0 Å². The van der Waals surface area contributed by atoms with Gasteiger partial charge in [-0.15, -0.1) is 0 Å². The largest absolute Gasteiger partial charge is 0.370 e. The Morgan fingerprint density at radius 3 is 2.50 bits per heavy atom. The summed E-state index contributed by atoms with van der Waals surface area (Å²) in [6, 6.07) is 9.01. The van der Waals surface area contributed by atoms with E-state index in [0.29, 0.717) is 0 Å². The first-order valence-electron chi connectivity index (χ1n) is 8.27. The molecule has 1 aromatic carbocycles. The molecule has 1 spiro atoms. The molecule has 1 saturated carbocycles. The molecule has 20 heavy (non-hydrogen) atoms. The summed E-state index contributed by atoms with van der Waals surface area (Å²) >= 11 is 0. The first-order chi connectivity index (χ1) is 9.81. The van der Waals surface area contributed by atoms with Gasteiger partial charge in [0.15, 0.2) is 0 Å². The number of hydrogen-bond donors (Lipinski definition) is 1. The topological polar surface area (TPSA) is 21.3 Å².